The molecular weight excluding hydrogens is 414 g/mol. The van der Waals surface area contributed by atoms with Gasteiger partial charge in [-0.25, -0.2) is 4.79 Å². The second kappa shape index (κ2) is 7.32. The zero-order valence-electron chi connectivity index (χ0n) is 18.2. The molecule has 0 spiro atoms. The van der Waals surface area contributed by atoms with Crippen LogP contribution in [0.4, 0.5) is 8.78 Å². The van der Waals surface area contributed by atoms with Gasteiger partial charge in [0.2, 0.25) is 23.3 Å². The van der Waals surface area contributed by atoms with Crippen molar-refractivity contribution in [2.75, 3.05) is 6.61 Å². The number of halogens is 2. The Morgan fingerprint density at radius 2 is 2.03 bits per heavy atom. The summed E-state index contributed by atoms with van der Waals surface area (Å²) < 4.78 is 40.4. The van der Waals surface area contributed by atoms with Crippen molar-refractivity contribution < 1.29 is 27.6 Å². The van der Waals surface area contributed by atoms with Crippen LogP contribution in [0.5, 0.6) is 0 Å². The van der Waals surface area contributed by atoms with Crippen LogP contribution in [0.3, 0.4) is 0 Å². The fourth-order valence-corrected chi connectivity index (χ4v) is 5.02. The monoisotopic (exact) mass is 438 g/mol. The molecule has 0 saturated carbocycles. The highest BCUT2D eigenvalue weighted by atomic mass is 19.1. The molecule has 0 amide bonds. The van der Waals surface area contributed by atoms with Gasteiger partial charge in [0.25, 0.3) is 0 Å². The summed E-state index contributed by atoms with van der Waals surface area (Å²) >= 11 is 0. The zero-order valence-corrected chi connectivity index (χ0v) is 18.2. The van der Waals surface area contributed by atoms with E-state index in [0.29, 0.717) is 41.1 Å². The van der Waals surface area contributed by atoms with Crippen LogP contribution in [-0.2, 0) is 11.8 Å². The van der Waals surface area contributed by atoms with E-state index < -0.39 is 17.9 Å². The Morgan fingerprint density at radius 3 is 2.81 bits per heavy atom. The number of pyridine rings is 2. The summed E-state index contributed by atoms with van der Waals surface area (Å²) in [5.74, 6) is -2.42. The molecule has 5 rings (SSSR count). The smallest absolute Gasteiger partial charge is 0.361 e. The molecule has 2 aliphatic rings. The summed E-state index contributed by atoms with van der Waals surface area (Å²) in [5, 5.41) is 0. The molecule has 5 heterocycles. The van der Waals surface area contributed by atoms with E-state index in [2.05, 4.69) is 11.6 Å². The molecular formula is C24H24F2N4O2+2. The van der Waals surface area contributed by atoms with Crippen molar-refractivity contribution >= 4 is 11.7 Å². The van der Waals surface area contributed by atoms with Gasteiger partial charge in [-0.1, -0.05) is 6.58 Å². The van der Waals surface area contributed by atoms with E-state index in [1.165, 1.54) is 6.07 Å². The Hall–Kier alpha value is -3.42. The molecule has 0 bridgehead atoms. The summed E-state index contributed by atoms with van der Waals surface area (Å²) in [6, 6.07) is 6.78. The third-order valence-corrected chi connectivity index (χ3v) is 6.59. The summed E-state index contributed by atoms with van der Waals surface area (Å²) in [6.07, 6.45) is 2.84. The lowest BCUT2D eigenvalue weighted by atomic mass is 9.80. The molecule has 2 aliphatic heterocycles. The first kappa shape index (κ1) is 20.5. The van der Waals surface area contributed by atoms with Gasteiger partial charge in [-0.3, -0.25) is 0 Å². The predicted octanol–water partition coefficient (Wildman–Crippen LogP) is 3.32. The summed E-state index contributed by atoms with van der Waals surface area (Å²) in [4.78, 5) is 16.2. The van der Waals surface area contributed by atoms with E-state index in [-0.39, 0.29) is 18.6 Å². The number of carbonyl (C=O) groups excluding carboxylic acids is 1. The summed E-state index contributed by atoms with van der Waals surface area (Å²) in [6.45, 7) is 8.24. The maximum absolute atomic E-state index is 14.9. The normalized spacial score (nSPS) is 20.0. The Labute approximate surface area is 184 Å². The van der Waals surface area contributed by atoms with Crippen LogP contribution in [0.15, 0.2) is 37.0 Å². The van der Waals surface area contributed by atoms with Gasteiger partial charge in [0, 0.05) is 25.1 Å². The number of fused-ring (bicyclic) bond motifs is 7. The zero-order chi connectivity index (χ0) is 22.7. The molecule has 0 fully saturated rings. The first-order valence-electron chi connectivity index (χ1n) is 10.6. The highest BCUT2D eigenvalue weighted by molar-refractivity contribution is 5.88. The molecule has 164 valence electrons. The van der Waals surface area contributed by atoms with Gasteiger partial charge >= 0.3 is 5.97 Å². The Bertz CT molecular complexity index is 1300. The minimum atomic E-state index is -0.858. The van der Waals surface area contributed by atoms with Crippen LogP contribution in [0.2, 0.25) is 0 Å². The largest absolute Gasteiger partial charge is 0.461 e. The lowest BCUT2D eigenvalue weighted by Gasteiger charge is -2.31. The number of cyclic esters (lactones) is 1. The van der Waals surface area contributed by atoms with Crippen LogP contribution in [0, 0.1) is 25.7 Å². The molecule has 0 aromatic carbocycles. The lowest BCUT2D eigenvalue weighted by molar-refractivity contribution is -0.749. The average Bonchev–Trinajstić information content (AvgIpc) is 3.03. The van der Waals surface area contributed by atoms with Gasteiger partial charge in [0.1, 0.15) is 5.56 Å². The fraction of sp³-hybridized carbons (Fsp3) is 0.333. The van der Waals surface area contributed by atoms with Crippen LogP contribution in [0.25, 0.3) is 17.0 Å². The number of aryl methyl sites for hydroxylation is 2. The maximum atomic E-state index is 14.9. The number of nitrogens with zero attached hydrogens (tertiary/aromatic N) is 4. The third-order valence-electron chi connectivity index (χ3n) is 6.59. The molecule has 3 aromatic rings. The second-order valence-corrected chi connectivity index (χ2v) is 8.57. The first-order valence-corrected chi connectivity index (χ1v) is 10.6. The SMILES string of the molecule is C=C1CC2C(CCOC(=O)c3cc(C)[n+](C)n31)c1cc(F)nc(F)c1-c1cc(C)cc[n+]12. The molecule has 3 aromatic heterocycles. The molecule has 0 aliphatic carbocycles. The standard InChI is InChI=1S/C24H24F2N4O2/c1-13-5-7-29-18-11-15(3)30-20(10-14(2)28(30)4)24(31)32-8-6-16(18)17-12-21(25)27-23(26)22(17)19(29)9-13/h5,7,9-10,12,16,18H,3,6,8,11H2,1-2,4H3/q+2. The van der Waals surface area contributed by atoms with Crippen molar-refractivity contribution in [1.82, 2.24) is 9.67 Å². The van der Waals surface area contributed by atoms with Gasteiger partial charge in [-0.15, -0.1) is 9.36 Å². The Kier molecular flexibility index (Phi) is 4.69. The Morgan fingerprint density at radius 1 is 1.25 bits per heavy atom. The molecule has 32 heavy (non-hydrogen) atoms. The van der Waals surface area contributed by atoms with Gasteiger partial charge in [0.05, 0.1) is 24.6 Å². The van der Waals surface area contributed by atoms with Crippen molar-refractivity contribution in [3.8, 4) is 11.3 Å². The van der Waals surface area contributed by atoms with Crippen molar-refractivity contribution in [2.45, 2.75) is 38.6 Å². The van der Waals surface area contributed by atoms with Gasteiger partial charge in [0.15, 0.2) is 25.0 Å². The second-order valence-electron chi connectivity index (χ2n) is 8.57. The minimum absolute atomic E-state index is 0.132. The highest BCUT2D eigenvalue weighted by Crippen LogP contribution is 2.44. The van der Waals surface area contributed by atoms with Crippen LogP contribution >= 0.6 is 0 Å². The van der Waals surface area contributed by atoms with Gasteiger partial charge in [-0.05, 0) is 30.5 Å². The van der Waals surface area contributed by atoms with Crippen molar-refractivity contribution in [2.24, 2.45) is 7.05 Å². The van der Waals surface area contributed by atoms with E-state index in [9.17, 15) is 13.6 Å². The average molecular weight is 438 g/mol. The van der Waals surface area contributed by atoms with E-state index in [1.807, 2.05) is 48.5 Å². The number of ether oxygens (including phenoxy) is 1. The van der Waals surface area contributed by atoms with Crippen molar-refractivity contribution in [1.29, 1.82) is 0 Å². The maximum Gasteiger partial charge on any atom is 0.361 e. The van der Waals surface area contributed by atoms with Crippen molar-refractivity contribution in [3.63, 3.8) is 0 Å². The van der Waals surface area contributed by atoms with E-state index >= 15 is 0 Å². The van der Waals surface area contributed by atoms with Gasteiger partial charge < -0.3 is 4.74 Å². The van der Waals surface area contributed by atoms with E-state index in [0.717, 1.165) is 11.3 Å². The molecule has 0 radical (unpaired) electrons. The molecule has 0 saturated heterocycles. The quantitative estimate of drug-likeness (QED) is 0.307. The molecule has 0 N–H and O–H groups in total. The van der Waals surface area contributed by atoms with E-state index in [1.54, 1.807) is 10.7 Å². The third kappa shape index (κ3) is 3.04. The van der Waals surface area contributed by atoms with Gasteiger partial charge in [-0.2, -0.15) is 18.3 Å². The number of hydrogen-bond acceptors (Lipinski definition) is 3. The lowest BCUT2D eigenvalue weighted by Crippen LogP contribution is -2.49. The van der Waals surface area contributed by atoms with Crippen LogP contribution < -0.4 is 9.25 Å². The first-order chi connectivity index (χ1) is 15.3. The number of esters is 1. The number of allylic oxidation sites excluding steroid dienone is 1. The van der Waals surface area contributed by atoms with Crippen LogP contribution in [-0.4, -0.2) is 22.2 Å². The van der Waals surface area contributed by atoms with E-state index in [4.69, 9.17) is 4.74 Å². The molecule has 8 heteroatoms. The number of hydrogen-bond donors (Lipinski definition) is 0. The Balaban J connectivity index is 1.72. The fourth-order valence-electron chi connectivity index (χ4n) is 5.02. The van der Waals surface area contributed by atoms with Crippen LogP contribution in [0.1, 0.15) is 52.1 Å². The number of aromatic nitrogens is 4. The molecule has 2 unspecified atom stereocenters. The summed E-state index contributed by atoms with van der Waals surface area (Å²) in [5.41, 5.74) is 4.47. The summed E-state index contributed by atoms with van der Waals surface area (Å²) in [7, 11) is 1.86. The minimum Gasteiger partial charge on any atom is -0.461 e. The number of rotatable bonds is 0. The number of carbonyl (C=O) groups is 1. The predicted molar refractivity (Wildman–Crippen MR) is 111 cm³/mol. The molecule has 6 nitrogen and oxygen atoms in total. The van der Waals surface area contributed by atoms with Crippen molar-refractivity contribution in [3.05, 3.63) is 71.5 Å². The topological polar surface area (TPSA) is 51.9 Å². The molecule has 2 atom stereocenters. The highest BCUT2D eigenvalue weighted by Gasteiger charge is 2.44.